The quantitative estimate of drug-likeness (QED) is 0.477. The van der Waals surface area contributed by atoms with Crippen LogP contribution >= 0.6 is 0 Å². The van der Waals surface area contributed by atoms with Gasteiger partial charge in [0.05, 0.1) is 7.11 Å². The monoisotopic (exact) mass is 405 g/mol. The summed E-state index contributed by atoms with van der Waals surface area (Å²) in [6.45, 7) is 6.27. The maximum atomic E-state index is 12.6. The third-order valence-electron chi connectivity index (χ3n) is 4.91. The van der Waals surface area contributed by atoms with Crippen molar-refractivity contribution in [1.82, 2.24) is 10.0 Å². The summed E-state index contributed by atoms with van der Waals surface area (Å²) in [4.78, 5) is 35.6. The first kappa shape index (κ1) is 23.1. The fourth-order valence-corrected chi connectivity index (χ4v) is 3.31. The van der Waals surface area contributed by atoms with Gasteiger partial charge >= 0.3 is 6.09 Å². The number of aromatic nitrogens is 1. The molecule has 0 saturated carbocycles. The standard InChI is InChI=1S/C22H35N3O4/c1-22(2,3)29-21(27)25-16-10-11-17-14-15-18(23-20(17)25)12-8-6-7-9-13-19(26)24(4)28-5/h14-15H,6-13,16H2,1-5H3. The lowest BCUT2D eigenvalue weighted by Gasteiger charge is -2.31. The number of carbonyl (C=O) groups is 2. The molecule has 162 valence electrons. The zero-order valence-corrected chi connectivity index (χ0v) is 18.5. The van der Waals surface area contributed by atoms with E-state index in [1.54, 1.807) is 11.9 Å². The Morgan fingerprint density at radius 2 is 1.90 bits per heavy atom. The van der Waals surface area contributed by atoms with E-state index in [2.05, 4.69) is 12.1 Å². The zero-order chi connectivity index (χ0) is 21.4. The molecule has 1 aliphatic rings. The minimum atomic E-state index is -0.522. The number of nitrogens with zero attached hydrogens (tertiary/aromatic N) is 3. The summed E-state index contributed by atoms with van der Waals surface area (Å²) in [5.41, 5.74) is 1.58. The van der Waals surface area contributed by atoms with Crippen LogP contribution in [0.3, 0.4) is 0 Å². The van der Waals surface area contributed by atoms with Gasteiger partial charge in [-0.25, -0.2) is 14.8 Å². The molecule has 0 aliphatic carbocycles. The first-order chi connectivity index (χ1) is 13.7. The van der Waals surface area contributed by atoms with Crippen LogP contribution in [0, 0.1) is 0 Å². The Kier molecular flexibility index (Phi) is 8.44. The lowest BCUT2D eigenvalue weighted by molar-refractivity contribution is -0.168. The molecule has 0 radical (unpaired) electrons. The lowest BCUT2D eigenvalue weighted by atomic mass is 10.0. The van der Waals surface area contributed by atoms with Gasteiger partial charge in [0.15, 0.2) is 0 Å². The second kappa shape index (κ2) is 10.6. The molecule has 2 heterocycles. The van der Waals surface area contributed by atoms with E-state index in [0.29, 0.717) is 13.0 Å². The molecule has 29 heavy (non-hydrogen) atoms. The van der Waals surface area contributed by atoms with E-state index in [1.165, 1.54) is 12.2 Å². The van der Waals surface area contributed by atoms with Crippen LogP contribution in [0.5, 0.6) is 0 Å². The van der Waals surface area contributed by atoms with Crippen molar-refractivity contribution in [3.05, 3.63) is 23.4 Å². The van der Waals surface area contributed by atoms with Gasteiger partial charge in [0.25, 0.3) is 0 Å². The fourth-order valence-electron chi connectivity index (χ4n) is 3.31. The third kappa shape index (κ3) is 7.31. The molecule has 2 rings (SSSR count). The molecule has 1 aromatic rings. The maximum absolute atomic E-state index is 12.6. The molecule has 0 atom stereocenters. The topological polar surface area (TPSA) is 72.0 Å². The van der Waals surface area contributed by atoms with E-state index >= 15 is 0 Å². The van der Waals surface area contributed by atoms with Crippen LogP contribution < -0.4 is 4.90 Å². The number of pyridine rings is 1. The number of fused-ring (bicyclic) bond motifs is 1. The number of hydrogen-bond donors (Lipinski definition) is 0. The Morgan fingerprint density at radius 1 is 1.17 bits per heavy atom. The highest BCUT2D eigenvalue weighted by molar-refractivity contribution is 5.88. The Morgan fingerprint density at radius 3 is 2.59 bits per heavy atom. The molecule has 0 fully saturated rings. The SMILES string of the molecule is CON(C)C(=O)CCCCCCc1ccc2c(n1)N(C(=O)OC(C)(C)C)CCC2. The highest BCUT2D eigenvalue weighted by atomic mass is 16.7. The predicted molar refractivity (Wildman–Crippen MR) is 113 cm³/mol. The summed E-state index contributed by atoms with van der Waals surface area (Å²) in [5, 5.41) is 1.27. The van der Waals surface area contributed by atoms with Gasteiger partial charge in [-0.05, 0) is 64.5 Å². The van der Waals surface area contributed by atoms with Crippen molar-refractivity contribution in [3.8, 4) is 0 Å². The molecule has 0 N–H and O–H groups in total. The Balaban J connectivity index is 1.85. The van der Waals surface area contributed by atoms with Crippen molar-refractivity contribution in [2.24, 2.45) is 0 Å². The lowest BCUT2D eigenvalue weighted by Crippen LogP contribution is -2.40. The van der Waals surface area contributed by atoms with Crippen molar-refractivity contribution in [1.29, 1.82) is 0 Å². The molecule has 0 saturated heterocycles. The number of rotatable bonds is 8. The normalized spacial score (nSPS) is 13.8. The number of hydrogen-bond acceptors (Lipinski definition) is 5. The molecule has 1 aliphatic heterocycles. The van der Waals surface area contributed by atoms with Gasteiger partial charge in [-0.3, -0.25) is 14.5 Å². The summed E-state index contributed by atoms with van der Waals surface area (Å²) < 4.78 is 5.55. The van der Waals surface area contributed by atoms with Crippen molar-refractivity contribution < 1.29 is 19.2 Å². The maximum Gasteiger partial charge on any atom is 0.416 e. The van der Waals surface area contributed by atoms with E-state index in [0.717, 1.165) is 62.0 Å². The number of ether oxygens (including phenoxy) is 1. The van der Waals surface area contributed by atoms with E-state index in [4.69, 9.17) is 14.6 Å². The van der Waals surface area contributed by atoms with Crippen LogP contribution in [0.1, 0.15) is 70.6 Å². The van der Waals surface area contributed by atoms with Crippen molar-refractivity contribution in [2.75, 3.05) is 25.6 Å². The summed E-state index contributed by atoms with van der Waals surface area (Å²) in [6.07, 6.45) is 6.80. The highest BCUT2D eigenvalue weighted by Gasteiger charge is 2.28. The molecular weight excluding hydrogens is 370 g/mol. The number of anilines is 1. The van der Waals surface area contributed by atoms with Gasteiger partial charge < -0.3 is 4.74 Å². The zero-order valence-electron chi connectivity index (χ0n) is 18.5. The molecule has 0 spiro atoms. The van der Waals surface area contributed by atoms with E-state index in [-0.39, 0.29) is 12.0 Å². The van der Waals surface area contributed by atoms with Crippen molar-refractivity contribution in [3.63, 3.8) is 0 Å². The minimum Gasteiger partial charge on any atom is -0.443 e. The molecule has 7 heteroatoms. The van der Waals surface area contributed by atoms with Gasteiger partial charge in [0.1, 0.15) is 11.4 Å². The van der Waals surface area contributed by atoms with Crippen LogP contribution in [-0.2, 0) is 27.2 Å². The van der Waals surface area contributed by atoms with Gasteiger partial charge in [-0.2, -0.15) is 0 Å². The third-order valence-corrected chi connectivity index (χ3v) is 4.91. The number of hydroxylamine groups is 2. The van der Waals surface area contributed by atoms with E-state index in [9.17, 15) is 9.59 Å². The Bertz CT molecular complexity index is 700. The van der Waals surface area contributed by atoms with Crippen LogP contribution in [0.15, 0.2) is 12.1 Å². The summed E-state index contributed by atoms with van der Waals surface area (Å²) >= 11 is 0. The minimum absolute atomic E-state index is 0.00564. The average molecular weight is 406 g/mol. The largest absolute Gasteiger partial charge is 0.443 e. The molecular formula is C22H35N3O4. The summed E-state index contributed by atoms with van der Waals surface area (Å²) in [6, 6.07) is 4.15. The fraction of sp³-hybridized carbons (Fsp3) is 0.682. The average Bonchev–Trinajstić information content (AvgIpc) is 2.67. The van der Waals surface area contributed by atoms with Crippen LogP contribution in [-0.4, -0.2) is 48.4 Å². The number of aryl methyl sites for hydroxylation is 2. The van der Waals surface area contributed by atoms with E-state index in [1.807, 2.05) is 20.8 Å². The molecule has 0 aromatic carbocycles. The second-order valence-corrected chi connectivity index (χ2v) is 8.51. The van der Waals surface area contributed by atoms with Crippen LogP contribution in [0.25, 0.3) is 0 Å². The van der Waals surface area contributed by atoms with Gasteiger partial charge in [-0.15, -0.1) is 0 Å². The first-order valence-corrected chi connectivity index (χ1v) is 10.5. The predicted octanol–water partition coefficient (Wildman–Crippen LogP) is 4.28. The van der Waals surface area contributed by atoms with Crippen LogP contribution in [0.4, 0.5) is 10.6 Å². The second-order valence-electron chi connectivity index (χ2n) is 8.51. The highest BCUT2D eigenvalue weighted by Crippen LogP contribution is 2.27. The van der Waals surface area contributed by atoms with Crippen molar-refractivity contribution in [2.45, 2.75) is 77.7 Å². The van der Waals surface area contributed by atoms with Crippen molar-refractivity contribution >= 4 is 17.8 Å². The molecule has 2 amide bonds. The van der Waals surface area contributed by atoms with Gasteiger partial charge in [0, 0.05) is 25.7 Å². The number of unbranched alkanes of at least 4 members (excludes halogenated alkanes) is 3. The van der Waals surface area contributed by atoms with Crippen LogP contribution in [0.2, 0.25) is 0 Å². The smallest absolute Gasteiger partial charge is 0.416 e. The number of carbonyl (C=O) groups excluding carboxylic acids is 2. The molecule has 7 nitrogen and oxygen atoms in total. The molecule has 0 bridgehead atoms. The molecule has 1 aromatic heterocycles. The Hall–Kier alpha value is -2.15. The number of amides is 2. The summed E-state index contributed by atoms with van der Waals surface area (Å²) in [7, 11) is 3.12. The van der Waals surface area contributed by atoms with Gasteiger partial charge in [0.2, 0.25) is 5.91 Å². The first-order valence-electron chi connectivity index (χ1n) is 10.5. The van der Waals surface area contributed by atoms with Gasteiger partial charge in [-0.1, -0.05) is 18.9 Å². The van der Waals surface area contributed by atoms with E-state index < -0.39 is 5.60 Å². The Labute approximate surface area is 174 Å². The summed E-state index contributed by atoms with van der Waals surface area (Å²) in [5.74, 6) is 0.752. The molecule has 0 unspecified atom stereocenters.